The van der Waals surface area contributed by atoms with Crippen LogP contribution in [0.4, 0.5) is 8.78 Å². The van der Waals surface area contributed by atoms with E-state index in [2.05, 4.69) is 5.32 Å². The molecule has 1 fully saturated rings. The second-order valence-electron chi connectivity index (χ2n) is 4.05. The number of hydrogen-bond donors (Lipinski definition) is 1. The van der Waals surface area contributed by atoms with Gasteiger partial charge in [-0.2, -0.15) is 4.39 Å². The summed E-state index contributed by atoms with van der Waals surface area (Å²) >= 11 is 0. The van der Waals surface area contributed by atoms with Crippen molar-refractivity contribution in [2.45, 2.75) is 25.3 Å². The van der Waals surface area contributed by atoms with Gasteiger partial charge in [0.25, 0.3) is 0 Å². The van der Waals surface area contributed by atoms with Crippen LogP contribution in [0.5, 0.6) is 5.75 Å². The molecule has 1 aromatic rings. The van der Waals surface area contributed by atoms with Crippen LogP contribution in [0, 0.1) is 11.6 Å². The topological polar surface area (TPSA) is 21.3 Å². The smallest absolute Gasteiger partial charge is 0.200 e. The van der Waals surface area contributed by atoms with Gasteiger partial charge >= 0.3 is 0 Å². The second kappa shape index (κ2) is 4.78. The van der Waals surface area contributed by atoms with Crippen LogP contribution >= 0.6 is 0 Å². The molecule has 0 radical (unpaired) electrons. The van der Waals surface area contributed by atoms with Gasteiger partial charge in [-0.1, -0.05) is 6.07 Å². The molecule has 1 heterocycles. The molecule has 1 atom stereocenters. The fraction of sp³-hybridized carbons (Fsp3) is 0.500. The summed E-state index contributed by atoms with van der Waals surface area (Å²) in [5.41, 5.74) is 0.723. The lowest BCUT2D eigenvalue weighted by atomic mass is 10.0. The summed E-state index contributed by atoms with van der Waals surface area (Å²) in [6.45, 7) is 0.997. The van der Waals surface area contributed by atoms with E-state index < -0.39 is 11.6 Å². The van der Waals surface area contributed by atoms with Crippen molar-refractivity contribution < 1.29 is 13.5 Å². The van der Waals surface area contributed by atoms with Crippen molar-refractivity contribution in [3.05, 3.63) is 29.3 Å². The Morgan fingerprint density at radius 1 is 1.44 bits per heavy atom. The maximum Gasteiger partial charge on any atom is 0.200 e. The van der Waals surface area contributed by atoms with Crippen molar-refractivity contribution in [2.24, 2.45) is 0 Å². The van der Waals surface area contributed by atoms with Crippen LogP contribution in [0.2, 0.25) is 0 Å². The zero-order valence-electron chi connectivity index (χ0n) is 9.22. The van der Waals surface area contributed by atoms with Gasteiger partial charge in [0.05, 0.1) is 7.11 Å². The van der Waals surface area contributed by atoms with Gasteiger partial charge in [-0.15, -0.1) is 0 Å². The Morgan fingerprint density at radius 2 is 2.25 bits per heavy atom. The molecule has 1 unspecified atom stereocenters. The standard InChI is InChI=1S/C12H15F2NO/c1-16-12-8(4-5-10(13)11(12)14)7-9-3-2-6-15-9/h4-5,9,15H,2-3,6-7H2,1H3. The van der Waals surface area contributed by atoms with Crippen LogP contribution in [-0.4, -0.2) is 19.7 Å². The molecule has 0 aliphatic carbocycles. The molecule has 0 aromatic heterocycles. The van der Waals surface area contributed by atoms with E-state index in [9.17, 15) is 8.78 Å². The number of ether oxygens (including phenoxy) is 1. The van der Waals surface area contributed by atoms with Gasteiger partial charge in [0.2, 0.25) is 5.82 Å². The minimum Gasteiger partial charge on any atom is -0.493 e. The first kappa shape index (κ1) is 11.3. The molecule has 1 aromatic carbocycles. The molecule has 1 N–H and O–H groups in total. The van der Waals surface area contributed by atoms with Crippen LogP contribution in [0.1, 0.15) is 18.4 Å². The number of nitrogens with one attached hydrogen (secondary N) is 1. The van der Waals surface area contributed by atoms with Crippen molar-refractivity contribution in [3.8, 4) is 5.75 Å². The summed E-state index contributed by atoms with van der Waals surface area (Å²) in [5.74, 6) is -1.72. The third-order valence-corrected chi connectivity index (χ3v) is 2.96. The van der Waals surface area contributed by atoms with Gasteiger partial charge in [0.15, 0.2) is 11.6 Å². The molecular weight excluding hydrogens is 212 g/mol. The largest absolute Gasteiger partial charge is 0.493 e. The van der Waals surface area contributed by atoms with E-state index in [1.807, 2.05) is 0 Å². The van der Waals surface area contributed by atoms with Crippen LogP contribution in [-0.2, 0) is 6.42 Å². The Morgan fingerprint density at radius 3 is 2.88 bits per heavy atom. The quantitative estimate of drug-likeness (QED) is 0.855. The van der Waals surface area contributed by atoms with Crippen molar-refractivity contribution in [1.29, 1.82) is 0 Å². The molecule has 4 heteroatoms. The molecule has 0 saturated carbocycles. The van der Waals surface area contributed by atoms with Crippen LogP contribution in [0.3, 0.4) is 0 Å². The minimum atomic E-state index is -0.891. The summed E-state index contributed by atoms with van der Waals surface area (Å²) in [7, 11) is 1.36. The molecule has 88 valence electrons. The maximum atomic E-state index is 13.4. The minimum absolute atomic E-state index is 0.0358. The summed E-state index contributed by atoms with van der Waals surface area (Å²) in [5, 5.41) is 3.32. The number of benzene rings is 1. The fourth-order valence-corrected chi connectivity index (χ4v) is 2.15. The summed E-state index contributed by atoms with van der Waals surface area (Å²) in [6, 6.07) is 3.10. The Bertz CT molecular complexity index is 376. The molecule has 1 aliphatic rings. The maximum absolute atomic E-state index is 13.4. The van der Waals surface area contributed by atoms with Crippen LogP contribution < -0.4 is 10.1 Å². The zero-order valence-corrected chi connectivity index (χ0v) is 9.22. The highest BCUT2D eigenvalue weighted by Crippen LogP contribution is 2.27. The average Bonchev–Trinajstić information content (AvgIpc) is 2.77. The Balaban J connectivity index is 2.22. The van der Waals surface area contributed by atoms with E-state index >= 15 is 0 Å². The second-order valence-corrected chi connectivity index (χ2v) is 4.05. The molecule has 2 rings (SSSR count). The van der Waals surface area contributed by atoms with Gasteiger partial charge in [-0.05, 0) is 37.4 Å². The fourth-order valence-electron chi connectivity index (χ4n) is 2.15. The van der Waals surface area contributed by atoms with Gasteiger partial charge in [-0.25, -0.2) is 4.39 Å². The first-order valence-electron chi connectivity index (χ1n) is 5.46. The average molecular weight is 227 g/mol. The Hall–Kier alpha value is -1.16. The SMILES string of the molecule is COc1c(CC2CCCN2)ccc(F)c1F. The van der Waals surface area contributed by atoms with Crippen molar-refractivity contribution in [3.63, 3.8) is 0 Å². The van der Waals surface area contributed by atoms with E-state index in [1.165, 1.54) is 7.11 Å². The lowest BCUT2D eigenvalue weighted by Gasteiger charge is -2.14. The number of methoxy groups -OCH3 is 1. The summed E-state index contributed by atoms with van der Waals surface area (Å²) < 4.78 is 31.3. The Kier molecular flexibility index (Phi) is 3.39. The van der Waals surface area contributed by atoms with Gasteiger partial charge in [0, 0.05) is 6.04 Å². The van der Waals surface area contributed by atoms with Gasteiger partial charge < -0.3 is 10.1 Å². The molecule has 2 nitrogen and oxygen atoms in total. The Labute approximate surface area is 93.6 Å². The predicted molar refractivity (Wildman–Crippen MR) is 57.6 cm³/mol. The van der Waals surface area contributed by atoms with Crippen molar-refractivity contribution in [1.82, 2.24) is 5.32 Å². The van der Waals surface area contributed by atoms with Crippen molar-refractivity contribution >= 4 is 0 Å². The molecular formula is C12H15F2NO. The lowest BCUT2D eigenvalue weighted by molar-refractivity contribution is 0.365. The van der Waals surface area contributed by atoms with Gasteiger partial charge in [0.1, 0.15) is 0 Å². The molecule has 0 spiro atoms. The number of hydrogen-bond acceptors (Lipinski definition) is 2. The predicted octanol–water partition coefficient (Wildman–Crippen LogP) is 2.27. The zero-order chi connectivity index (χ0) is 11.5. The van der Waals surface area contributed by atoms with Crippen LogP contribution in [0.25, 0.3) is 0 Å². The summed E-state index contributed by atoms with van der Waals surface area (Å²) in [6.07, 6.45) is 2.89. The molecule has 1 saturated heterocycles. The third-order valence-electron chi connectivity index (χ3n) is 2.96. The molecule has 0 bridgehead atoms. The molecule has 0 amide bonds. The first-order valence-corrected chi connectivity index (χ1v) is 5.46. The highest BCUT2D eigenvalue weighted by molar-refractivity contribution is 5.36. The molecule has 1 aliphatic heterocycles. The highest BCUT2D eigenvalue weighted by atomic mass is 19.2. The first-order chi connectivity index (χ1) is 7.72. The normalized spacial score (nSPS) is 20.1. The van der Waals surface area contributed by atoms with Crippen LogP contribution in [0.15, 0.2) is 12.1 Å². The van der Waals surface area contributed by atoms with E-state index in [0.29, 0.717) is 12.5 Å². The third kappa shape index (κ3) is 2.16. The van der Waals surface area contributed by atoms with E-state index in [0.717, 1.165) is 31.0 Å². The lowest BCUT2D eigenvalue weighted by Crippen LogP contribution is -2.24. The molecule has 16 heavy (non-hydrogen) atoms. The van der Waals surface area contributed by atoms with Crippen molar-refractivity contribution in [2.75, 3.05) is 13.7 Å². The number of rotatable bonds is 3. The van der Waals surface area contributed by atoms with E-state index in [4.69, 9.17) is 4.74 Å². The highest BCUT2D eigenvalue weighted by Gasteiger charge is 2.19. The summed E-state index contributed by atoms with van der Waals surface area (Å²) in [4.78, 5) is 0. The number of halogens is 2. The van der Waals surface area contributed by atoms with E-state index in [1.54, 1.807) is 6.07 Å². The monoisotopic (exact) mass is 227 g/mol. The van der Waals surface area contributed by atoms with E-state index in [-0.39, 0.29) is 5.75 Å². The van der Waals surface area contributed by atoms with Gasteiger partial charge in [-0.3, -0.25) is 0 Å².